The van der Waals surface area contributed by atoms with Crippen molar-refractivity contribution in [2.75, 3.05) is 0 Å². The van der Waals surface area contributed by atoms with Crippen LogP contribution in [0.15, 0.2) is 28.9 Å². The van der Waals surface area contributed by atoms with Crippen LogP contribution in [0.1, 0.15) is 5.69 Å². The highest BCUT2D eigenvalue weighted by molar-refractivity contribution is 9.10. The van der Waals surface area contributed by atoms with E-state index < -0.39 is 0 Å². The SMILES string of the molecule is ClCc1cnc2cc(Br)ccc2n1. The molecule has 0 N–H and O–H groups in total. The van der Waals surface area contributed by atoms with Gasteiger partial charge in [0.2, 0.25) is 0 Å². The Morgan fingerprint density at radius 3 is 2.92 bits per heavy atom. The van der Waals surface area contributed by atoms with E-state index >= 15 is 0 Å². The Kier molecular flexibility index (Phi) is 2.47. The summed E-state index contributed by atoms with van der Waals surface area (Å²) < 4.78 is 1.01. The summed E-state index contributed by atoms with van der Waals surface area (Å²) in [6.45, 7) is 0. The van der Waals surface area contributed by atoms with Crippen molar-refractivity contribution in [2.24, 2.45) is 0 Å². The van der Waals surface area contributed by atoms with Gasteiger partial charge in [-0.1, -0.05) is 15.9 Å². The molecule has 0 unspecified atom stereocenters. The number of aromatic nitrogens is 2. The molecular formula is C9H6BrClN2. The van der Waals surface area contributed by atoms with Gasteiger partial charge in [0.25, 0.3) is 0 Å². The number of nitrogens with zero attached hydrogens (tertiary/aromatic N) is 2. The first-order valence-corrected chi connectivity index (χ1v) is 5.09. The van der Waals surface area contributed by atoms with Crippen LogP contribution in [0.2, 0.25) is 0 Å². The Bertz CT molecular complexity index is 445. The maximum atomic E-state index is 5.65. The van der Waals surface area contributed by atoms with Gasteiger partial charge in [-0.15, -0.1) is 11.6 Å². The number of hydrogen-bond donors (Lipinski definition) is 0. The Morgan fingerprint density at radius 1 is 1.31 bits per heavy atom. The smallest absolute Gasteiger partial charge is 0.0898 e. The normalized spacial score (nSPS) is 10.6. The zero-order valence-corrected chi connectivity index (χ0v) is 9.01. The van der Waals surface area contributed by atoms with Crippen LogP contribution in [0, 0.1) is 0 Å². The third kappa shape index (κ3) is 1.81. The van der Waals surface area contributed by atoms with Crippen molar-refractivity contribution in [1.82, 2.24) is 9.97 Å². The van der Waals surface area contributed by atoms with E-state index in [9.17, 15) is 0 Å². The molecule has 0 amide bonds. The monoisotopic (exact) mass is 256 g/mol. The van der Waals surface area contributed by atoms with Crippen LogP contribution in [-0.4, -0.2) is 9.97 Å². The molecule has 0 radical (unpaired) electrons. The lowest BCUT2D eigenvalue weighted by Crippen LogP contribution is -1.89. The lowest BCUT2D eigenvalue weighted by atomic mass is 10.3. The molecule has 66 valence electrons. The third-order valence-corrected chi connectivity index (χ3v) is 2.46. The van der Waals surface area contributed by atoms with Crippen LogP contribution in [0.4, 0.5) is 0 Å². The molecule has 0 saturated carbocycles. The maximum Gasteiger partial charge on any atom is 0.0898 e. The molecule has 0 fully saturated rings. The van der Waals surface area contributed by atoms with Crippen LogP contribution in [-0.2, 0) is 5.88 Å². The van der Waals surface area contributed by atoms with Crippen LogP contribution >= 0.6 is 27.5 Å². The number of benzene rings is 1. The summed E-state index contributed by atoms with van der Waals surface area (Å²) in [6.07, 6.45) is 1.70. The molecular weight excluding hydrogens is 251 g/mol. The maximum absolute atomic E-state index is 5.65. The summed E-state index contributed by atoms with van der Waals surface area (Å²) in [5.74, 6) is 0.402. The second-order valence-corrected chi connectivity index (χ2v) is 3.81. The third-order valence-electron chi connectivity index (χ3n) is 1.69. The van der Waals surface area contributed by atoms with Gasteiger partial charge in [-0.3, -0.25) is 4.98 Å². The van der Waals surface area contributed by atoms with Crippen molar-refractivity contribution >= 4 is 38.6 Å². The number of alkyl halides is 1. The number of halogens is 2. The molecule has 1 heterocycles. The molecule has 2 aromatic rings. The van der Waals surface area contributed by atoms with Crippen molar-refractivity contribution < 1.29 is 0 Å². The molecule has 1 aromatic heterocycles. The fraction of sp³-hybridized carbons (Fsp3) is 0.111. The van der Waals surface area contributed by atoms with Gasteiger partial charge in [-0.2, -0.15) is 0 Å². The molecule has 0 atom stereocenters. The number of rotatable bonds is 1. The van der Waals surface area contributed by atoms with E-state index in [2.05, 4.69) is 25.9 Å². The molecule has 0 bridgehead atoms. The Balaban J connectivity index is 2.66. The van der Waals surface area contributed by atoms with Gasteiger partial charge in [0, 0.05) is 4.47 Å². The molecule has 2 nitrogen and oxygen atoms in total. The summed E-state index contributed by atoms with van der Waals surface area (Å²) >= 11 is 9.02. The van der Waals surface area contributed by atoms with E-state index in [0.717, 1.165) is 21.2 Å². The summed E-state index contributed by atoms with van der Waals surface area (Å²) in [5.41, 5.74) is 2.56. The highest BCUT2D eigenvalue weighted by atomic mass is 79.9. The molecule has 0 aliphatic carbocycles. The molecule has 4 heteroatoms. The predicted molar refractivity (Wildman–Crippen MR) is 56.8 cm³/mol. The average Bonchev–Trinajstić information content (AvgIpc) is 2.17. The van der Waals surface area contributed by atoms with Crippen molar-refractivity contribution in [1.29, 1.82) is 0 Å². The minimum Gasteiger partial charge on any atom is -0.253 e. The van der Waals surface area contributed by atoms with E-state index in [1.165, 1.54) is 0 Å². The van der Waals surface area contributed by atoms with Gasteiger partial charge in [-0.25, -0.2) is 4.98 Å². The standard InChI is InChI=1S/C9H6BrClN2/c10-6-1-2-8-9(3-6)12-5-7(4-11)13-8/h1-3,5H,4H2. The topological polar surface area (TPSA) is 25.8 Å². The predicted octanol–water partition coefficient (Wildman–Crippen LogP) is 3.13. The number of hydrogen-bond acceptors (Lipinski definition) is 2. The Morgan fingerprint density at radius 2 is 2.15 bits per heavy atom. The molecule has 0 saturated heterocycles. The lowest BCUT2D eigenvalue weighted by molar-refractivity contribution is 1.16. The van der Waals surface area contributed by atoms with Crippen molar-refractivity contribution in [3.05, 3.63) is 34.6 Å². The molecule has 1 aromatic carbocycles. The van der Waals surface area contributed by atoms with E-state index in [0.29, 0.717) is 5.88 Å². The van der Waals surface area contributed by atoms with Gasteiger partial charge in [0.1, 0.15) is 0 Å². The molecule has 2 rings (SSSR count). The van der Waals surface area contributed by atoms with Crippen LogP contribution in [0.5, 0.6) is 0 Å². The van der Waals surface area contributed by atoms with Crippen molar-refractivity contribution in [3.8, 4) is 0 Å². The zero-order chi connectivity index (χ0) is 9.26. The van der Waals surface area contributed by atoms with Crippen LogP contribution in [0.3, 0.4) is 0 Å². The van der Waals surface area contributed by atoms with E-state index in [-0.39, 0.29) is 0 Å². The van der Waals surface area contributed by atoms with Gasteiger partial charge >= 0.3 is 0 Å². The largest absolute Gasteiger partial charge is 0.253 e. The second-order valence-electron chi connectivity index (χ2n) is 2.63. The lowest BCUT2D eigenvalue weighted by Gasteiger charge is -1.98. The van der Waals surface area contributed by atoms with Gasteiger partial charge in [0.05, 0.1) is 28.8 Å². The van der Waals surface area contributed by atoms with Gasteiger partial charge < -0.3 is 0 Å². The first-order valence-electron chi connectivity index (χ1n) is 3.77. The zero-order valence-electron chi connectivity index (χ0n) is 6.67. The van der Waals surface area contributed by atoms with E-state index in [1.54, 1.807) is 6.20 Å². The van der Waals surface area contributed by atoms with Gasteiger partial charge in [-0.05, 0) is 18.2 Å². The molecule has 0 aliphatic heterocycles. The first-order chi connectivity index (χ1) is 6.29. The average molecular weight is 258 g/mol. The summed E-state index contributed by atoms with van der Waals surface area (Å²) in [4.78, 5) is 8.56. The minimum absolute atomic E-state index is 0.402. The van der Waals surface area contributed by atoms with Gasteiger partial charge in [0.15, 0.2) is 0 Å². The van der Waals surface area contributed by atoms with Crippen LogP contribution < -0.4 is 0 Å². The Labute approximate surface area is 89.1 Å². The van der Waals surface area contributed by atoms with Crippen molar-refractivity contribution in [2.45, 2.75) is 5.88 Å². The first kappa shape index (κ1) is 8.91. The van der Waals surface area contributed by atoms with Crippen molar-refractivity contribution in [3.63, 3.8) is 0 Å². The Hall–Kier alpha value is -0.670. The minimum atomic E-state index is 0.402. The fourth-order valence-corrected chi connectivity index (χ4v) is 1.56. The fourth-order valence-electron chi connectivity index (χ4n) is 1.09. The summed E-state index contributed by atoms with van der Waals surface area (Å²) in [5, 5.41) is 0. The molecule has 0 aliphatic rings. The highest BCUT2D eigenvalue weighted by Gasteiger charge is 1.98. The van der Waals surface area contributed by atoms with Crippen LogP contribution in [0.25, 0.3) is 11.0 Å². The number of fused-ring (bicyclic) bond motifs is 1. The summed E-state index contributed by atoms with van der Waals surface area (Å²) in [7, 11) is 0. The second kappa shape index (κ2) is 3.60. The quantitative estimate of drug-likeness (QED) is 0.734. The molecule has 0 spiro atoms. The highest BCUT2D eigenvalue weighted by Crippen LogP contribution is 2.16. The molecule has 13 heavy (non-hydrogen) atoms. The summed E-state index contributed by atoms with van der Waals surface area (Å²) in [6, 6.07) is 5.79. The van der Waals surface area contributed by atoms with E-state index in [1.807, 2.05) is 18.2 Å². The van der Waals surface area contributed by atoms with E-state index in [4.69, 9.17) is 11.6 Å².